The number of nitrogens with zero attached hydrogens (tertiary/aromatic N) is 4. The largest absolute Gasteiger partial charge is 0.508 e. The molecule has 2 rings (SSSR count). The lowest BCUT2D eigenvalue weighted by Crippen LogP contribution is -2.34. The Morgan fingerprint density at radius 3 is 2.68 bits per heavy atom. The van der Waals surface area contributed by atoms with E-state index in [0.717, 1.165) is 11.0 Å². The van der Waals surface area contributed by atoms with Crippen molar-refractivity contribution >= 4 is 12.1 Å². The van der Waals surface area contributed by atoms with Gasteiger partial charge in [-0.25, -0.2) is 14.5 Å². The number of hydrogen-bond donors (Lipinski definition) is 3. The third-order valence-corrected chi connectivity index (χ3v) is 3.45. The number of nitrogens with two attached hydrogens (primary N) is 1. The molecule has 4 atom stereocenters. The lowest BCUT2D eigenvalue weighted by molar-refractivity contribution is -0.0674. The summed E-state index contributed by atoms with van der Waals surface area (Å²) in [6, 6.07) is 0. The fourth-order valence-electron chi connectivity index (χ4n) is 2.10. The minimum atomic E-state index is -1.36. The molecule has 1 aromatic heterocycles. The first-order valence-corrected chi connectivity index (χ1v) is 7.46. The van der Waals surface area contributed by atoms with E-state index in [9.17, 15) is 19.8 Å². The van der Waals surface area contributed by atoms with Crippen LogP contribution in [0.5, 0.6) is 0 Å². The lowest BCUT2D eigenvalue weighted by atomic mass is 10.1. The number of rotatable bonds is 7. The maximum absolute atomic E-state index is 11.5. The van der Waals surface area contributed by atoms with Gasteiger partial charge in [-0.1, -0.05) is 0 Å². The molecule has 1 aliphatic heterocycles. The van der Waals surface area contributed by atoms with Gasteiger partial charge in [-0.15, -0.1) is 5.10 Å². The van der Waals surface area contributed by atoms with E-state index in [4.69, 9.17) is 19.9 Å². The highest BCUT2D eigenvalue weighted by Gasteiger charge is 2.45. The summed E-state index contributed by atoms with van der Waals surface area (Å²) in [6.45, 7) is 0.361. The molecule has 12 heteroatoms. The van der Waals surface area contributed by atoms with Crippen LogP contribution in [-0.4, -0.2) is 94.1 Å². The van der Waals surface area contributed by atoms with Crippen molar-refractivity contribution in [1.29, 1.82) is 0 Å². The molecule has 0 aromatic carbocycles. The molecule has 0 aliphatic carbocycles. The topological polar surface area (TPSA) is 162 Å². The van der Waals surface area contributed by atoms with E-state index in [1.807, 2.05) is 19.0 Å². The van der Waals surface area contributed by atoms with E-state index in [0.29, 0.717) is 6.54 Å². The van der Waals surface area contributed by atoms with Crippen molar-refractivity contribution in [3.63, 3.8) is 0 Å². The maximum atomic E-state index is 11.5. The SMILES string of the molecule is CN(C)CCOC(=O)OCC1O[C@@H](n2cnc(C(N)=O)n2)C(O)C1O. The minimum Gasteiger partial charge on any atom is -0.433 e. The lowest BCUT2D eigenvalue weighted by Gasteiger charge is -2.15. The van der Waals surface area contributed by atoms with E-state index in [2.05, 4.69) is 10.1 Å². The van der Waals surface area contributed by atoms with E-state index >= 15 is 0 Å². The molecule has 3 unspecified atom stereocenters. The van der Waals surface area contributed by atoms with Crippen molar-refractivity contribution in [1.82, 2.24) is 19.7 Å². The van der Waals surface area contributed by atoms with Crippen LogP contribution in [0.25, 0.3) is 0 Å². The van der Waals surface area contributed by atoms with Crippen LogP contribution >= 0.6 is 0 Å². The standard InChI is InChI=1S/C13H21N5O7/c1-17(2)3-4-23-13(22)24-5-7-8(19)9(20)12(25-7)18-6-15-11(16-18)10(14)21/h6-9,12,19-20H,3-5H2,1-2H3,(H2,14,21)/t7?,8?,9?,12-/m1/s1. The van der Waals surface area contributed by atoms with Gasteiger partial charge >= 0.3 is 6.16 Å². The quantitative estimate of drug-likeness (QED) is 0.452. The normalized spacial score (nSPS) is 26.0. The number of amides is 1. The molecule has 2 heterocycles. The summed E-state index contributed by atoms with van der Waals surface area (Å²) >= 11 is 0. The highest BCUT2D eigenvalue weighted by atomic mass is 16.7. The van der Waals surface area contributed by atoms with Crippen molar-refractivity contribution in [2.45, 2.75) is 24.5 Å². The van der Waals surface area contributed by atoms with Gasteiger partial charge in [0, 0.05) is 6.54 Å². The molecule has 140 valence electrons. The maximum Gasteiger partial charge on any atom is 0.508 e. The molecule has 1 fully saturated rings. The molecular weight excluding hydrogens is 338 g/mol. The highest BCUT2D eigenvalue weighted by Crippen LogP contribution is 2.28. The van der Waals surface area contributed by atoms with E-state index in [-0.39, 0.29) is 19.0 Å². The van der Waals surface area contributed by atoms with Crippen LogP contribution in [0.1, 0.15) is 16.8 Å². The summed E-state index contributed by atoms with van der Waals surface area (Å²) in [5.41, 5.74) is 5.05. The monoisotopic (exact) mass is 359 g/mol. The summed E-state index contributed by atoms with van der Waals surface area (Å²) in [7, 11) is 3.65. The molecule has 0 saturated carbocycles. The third-order valence-electron chi connectivity index (χ3n) is 3.45. The number of ether oxygens (including phenoxy) is 3. The summed E-state index contributed by atoms with van der Waals surface area (Å²) in [4.78, 5) is 28.0. The zero-order chi connectivity index (χ0) is 18.6. The fraction of sp³-hybridized carbons (Fsp3) is 0.692. The molecule has 0 radical (unpaired) electrons. The Hall–Kier alpha value is -2.28. The molecule has 1 aromatic rings. The van der Waals surface area contributed by atoms with Gasteiger partial charge in [0.1, 0.15) is 37.9 Å². The van der Waals surface area contributed by atoms with Crippen LogP contribution in [0.4, 0.5) is 4.79 Å². The first kappa shape index (κ1) is 19.1. The van der Waals surface area contributed by atoms with Gasteiger partial charge in [0.25, 0.3) is 5.91 Å². The van der Waals surface area contributed by atoms with Gasteiger partial charge < -0.3 is 35.1 Å². The Kier molecular flexibility index (Phi) is 6.25. The average Bonchev–Trinajstić information content (AvgIpc) is 3.12. The first-order chi connectivity index (χ1) is 11.8. The van der Waals surface area contributed by atoms with Crippen molar-refractivity contribution in [2.75, 3.05) is 33.9 Å². The number of primary amides is 1. The van der Waals surface area contributed by atoms with Crippen molar-refractivity contribution in [2.24, 2.45) is 5.73 Å². The Morgan fingerprint density at radius 1 is 1.36 bits per heavy atom. The summed E-state index contributed by atoms with van der Waals surface area (Å²) in [5.74, 6) is -1.10. The van der Waals surface area contributed by atoms with Gasteiger partial charge in [0.2, 0.25) is 5.82 Å². The molecule has 4 N–H and O–H groups in total. The Bertz CT molecular complexity index is 607. The van der Waals surface area contributed by atoms with Crippen LogP contribution < -0.4 is 5.73 Å². The number of aliphatic hydroxyl groups is 2. The van der Waals surface area contributed by atoms with Crippen LogP contribution in [0.15, 0.2) is 6.33 Å². The van der Waals surface area contributed by atoms with Crippen LogP contribution in [0.2, 0.25) is 0 Å². The molecule has 1 saturated heterocycles. The molecule has 25 heavy (non-hydrogen) atoms. The summed E-state index contributed by atoms with van der Waals surface area (Å²) in [6.07, 6.45) is -4.56. The van der Waals surface area contributed by atoms with E-state index < -0.39 is 36.6 Å². The predicted molar refractivity (Wildman–Crippen MR) is 80.3 cm³/mol. The summed E-state index contributed by atoms with van der Waals surface area (Å²) in [5, 5.41) is 23.8. The van der Waals surface area contributed by atoms with Crippen molar-refractivity contribution in [3.05, 3.63) is 12.2 Å². The average molecular weight is 359 g/mol. The zero-order valence-electron chi connectivity index (χ0n) is 13.8. The first-order valence-electron chi connectivity index (χ1n) is 7.46. The van der Waals surface area contributed by atoms with Gasteiger partial charge in [0.05, 0.1) is 0 Å². The number of carbonyl (C=O) groups is 2. The van der Waals surface area contributed by atoms with Crippen molar-refractivity contribution < 1.29 is 34.0 Å². The highest BCUT2D eigenvalue weighted by molar-refractivity contribution is 5.88. The second kappa shape index (κ2) is 8.20. The number of likely N-dealkylation sites (N-methyl/N-ethyl adjacent to an activating group) is 1. The van der Waals surface area contributed by atoms with E-state index in [1.54, 1.807) is 0 Å². The second-order valence-corrected chi connectivity index (χ2v) is 5.67. The minimum absolute atomic E-state index is 0.153. The third kappa shape index (κ3) is 4.85. The zero-order valence-corrected chi connectivity index (χ0v) is 13.8. The number of hydrogen-bond acceptors (Lipinski definition) is 10. The number of carbonyl (C=O) groups excluding carboxylic acids is 2. The Balaban J connectivity index is 1.86. The summed E-state index contributed by atoms with van der Waals surface area (Å²) < 4.78 is 16.2. The molecule has 0 spiro atoms. The van der Waals surface area contributed by atoms with Gasteiger partial charge in [-0.3, -0.25) is 4.79 Å². The fourth-order valence-corrected chi connectivity index (χ4v) is 2.10. The van der Waals surface area contributed by atoms with Crippen molar-refractivity contribution in [3.8, 4) is 0 Å². The van der Waals surface area contributed by atoms with Gasteiger partial charge in [-0.2, -0.15) is 0 Å². The molecular formula is C13H21N5O7. The molecule has 0 bridgehead atoms. The van der Waals surface area contributed by atoms with E-state index in [1.165, 1.54) is 0 Å². The number of aromatic nitrogens is 3. The van der Waals surface area contributed by atoms with Gasteiger partial charge in [-0.05, 0) is 14.1 Å². The smallest absolute Gasteiger partial charge is 0.433 e. The molecule has 1 amide bonds. The second-order valence-electron chi connectivity index (χ2n) is 5.67. The van der Waals surface area contributed by atoms with Crippen LogP contribution in [0.3, 0.4) is 0 Å². The Labute approximate surface area is 143 Å². The molecule has 12 nitrogen and oxygen atoms in total. The molecule has 1 aliphatic rings. The predicted octanol–water partition coefficient (Wildman–Crippen LogP) is -2.29. The number of aliphatic hydroxyl groups excluding tert-OH is 2. The van der Waals surface area contributed by atoms with Crippen LogP contribution in [0, 0.1) is 0 Å². The Morgan fingerprint density at radius 2 is 2.08 bits per heavy atom. The van der Waals surface area contributed by atoms with Gasteiger partial charge in [0.15, 0.2) is 6.23 Å². The van der Waals surface area contributed by atoms with Crippen LogP contribution in [-0.2, 0) is 14.2 Å².